The van der Waals surface area contributed by atoms with Crippen LogP contribution in [0.15, 0.2) is 29.2 Å². The number of rotatable bonds is 7. The van der Waals surface area contributed by atoms with Crippen LogP contribution in [0.3, 0.4) is 0 Å². The van der Waals surface area contributed by atoms with Crippen LogP contribution >= 0.6 is 10.0 Å². The van der Waals surface area contributed by atoms with Crippen LogP contribution in [-0.2, 0) is 20.8 Å². The molecule has 2 aliphatic rings. The Bertz CT molecular complexity index is 1220. The molecule has 2 amide bonds. The van der Waals surface area contributed by atoms with E-state index in [0.717, 1.165) is 12.1 Å². The minimum atomic E-state index is -1.69. The van der Waals surface area contributed by atoms with Gasteiger partial charge in [-0.2, -0.15) is 0 Å². The maximum atomic E-state index is 14.8. The predicted molar refractivity (Wildman–Crippen MR) is 136 cm³/mol. The van der Waals surface area contributed by atoms with Crippen molar-refractivity contribution in [1.82, 2.24) is 9.88 Å². The molecule has 2 aromatic rings. The number of fused-ring (bicyclic) bond motifs is 1. The summed E-state index contributed by atoms with van der Waals surface area (Å²) in [6.45, 7) is 0.221. The van der Waals surface area contributed by atoms with Crippen LogP contribution in [0.25, 0.3) is 0 Å². The number of anilines is 1. The fraction of sp³-hybridized carbons (Fsp3) is 0.462. The molecular weight excluding hydrogens is 504 g/mol. The Morgan fingerprint density at radius 2 is 1.81 bits per heavy atom. The van der Waals surface area contributed by atoms with Gasteiger partial charge in [-0.05, 0) is 55.7 Å². The van der Waals surface area contributed by atoms with Gasteiger partial charge in [0.1, 0.15) is 17.7 Å². The lowest BCUT2D eigenvalue weighted by atomic mass is 9.72. The van der Waals surface area contributed by atoms with Crippen LogP contribution in [-0.4, -0.2) is 65.2 Å². The number of benzene rings is 1. The average Bonchev–Trinajstić information content (AvgIpc) is 2.77. The smallest absolute Gasteiger partial charge is 0.303 e. The summed E-state index contributed by atoms with van der Waals surface area (Å²) in [7, 11) is -0.207. The van der Waals surface area contributed by atoms with Gasteiger partial charge in [-0.3, -0.25) is 14.4 Å². The Labute approximate surface area is 215 Å². The van der Waals surface area contributed by atoms with Gasteiger partial charge in [0.15, 0.2) is 0 Å². The second kappa shape index (κ2) is 10.3. The van der Waals surface area contributed by atoms with E-state index < -0.39 is 39.6 Å². The summed E-state index contributed by atoms with van der Waals surface area (Å²) in [6, 6.07) is 4.40. The number of hydrogen-bond donors (Lipinski definition) is 2. The summed E-state index contributed by atoms with van der Waals surface area (Å²) in [5.74, 6) is -3.31. The van der Waals surface area contributed by atoms with Crippen molar-refractivity contribution in [2.24, 2.45) is 11.8 Å². The van der Waals surface area contributed by atoms with E-state index in [2.05, 4.69) is 10.3 Å². The summed E-state index contributed by atoms with van der Waals surface area (Å²) in [5.41, 5.74) is 1.07. The monoisotopic (exact) mass is 535 g/mol. The SMILES string of the molecule is COc1ccc2c(n1)CCN(C(=O)[C@H]1C[C@H](CC(=O)O)C1)[C@H]2C(=O)Nc1cc(F)c(S(C)(C)C)c(F)c1. The Hall–Kier alpha value is -3.21. The van der Waals surface area contributed by atoms with Crippen molar-refractivity contribution >= 4 is 33.5 Å². The Morgan fingerprint density at radius 3 is 2.38 bits per heavy atom. The molecule has 1 aromatic heterocycles. The van der Waals surface area contributed by atoms with Crippen LogP contribution in [0.4, 0.5) is 14.5 Å². The second-order valence-electron chi connectivity index (χ2n) is 10.3. The zero-order valence-corrected chi connectivity index (χ0v) is 22.0. The molecule has 0 saturated heterocycles. The molecule has 0 radical (unpaired) electrons. The van der Waals surface area contributed by atoms with E-state index >= 15 is 0 Å². The normalized spacial score (nSPS) is 21.5. The molecule has 0 spiro atoms. The van der Waals surface area contributed by atoms with Crippen LogP contribution < -0.4 is 10.1 Å². The number of carbonyl (C=O) groups excluding carboxylic acids is 2. The molecule has 2 heterocycles. The highest BCUT2D eigenvalue weighted by molar-refractivity contribution is 8.32. The van der Waals surface area contributed by atoms with Crippen molar-refractivity contribution in [3.05, 3.63) is 47.2 Å². The first-order valence-corrected chi connectivity index (χ1v) is 14.8. The lowest BCUT2D eigenvalue weighted by Crippen LogP contribution is -2.50. The van der Waals surface area contributed by atoms with Gasteiger partial charge < -0.3 is 20.1 Å². The van der Waals surface area contributed by atoms with Crippen LogP contribution in [0.2, 0.25) is 0 Å². The Balaban J connectivity index is 1.62. The molecule has 4 rings (SSSR count). The van der Waals surface area contributed by atoms with Gasteiger partial charge in [0, 0.05) is 42.6 Å². The number of carboxylic acid groups (broad SMARTS) is 1. The fourth-order valence-corrected chi connectivity index (χ4v) is 6.40. The maximum Gasteiger partial charge on any atom is 0.303 e. The lowest BCUT2D eigenvalue weighted by molar-refractivity contribution is -0.149. The molecule has 2 N–H and O–H groups in total. The van der Waals surface area contributed by atoms with E-state index in [-0.39, 0.29) is 41.3 Å². The maximum absolute atomic E-state index is 14.8. The number of carbonyl (C=O) groups is 3. The van der Waals surface area contributed by atoms with Gasteiger partial charge >= 0.3 is 5.97 Å². The molecule has 1 aliphatic heterocycles. The number of nitrogens with zero attached hydrogens (tertiary/aromatic N) is 2. The Kier molecular flexibility index (Phi) is 7.45. The highest BCUT2D eigenvalue weighted by Gasteiger charge is 2.43. The zero-order valence-electron chi connectivity index (χ0n) is 21.2. The van der Waals surface area contributed by atoms with Crippen LogP contribution in [0.5, 0.6) is 5.88 Å². The molecule has 37 heavy (non-hydrogen) atoms. The quantitative estimate of drug-likeness (QED) is 0.555. The number of aliphatic carboxylic acids is 1. The largest absolute Gasteiger partial charge is 0.481 e. The van der Waals surface area contributed by atoms with Gasteiger partial charge in [-0.1, -0.05) is 0 Å². The van der Waals surface area contributed by atoms with Crippen molar-refractivity contribution in [3.63, 3.8) is 0 Å². The van der Waals surface area contributed by atoms with Crippen molar-refractivity contribution in [1.29, 1.82) is 0 Å². The third-order valence-electron chi connectivity index (χ3n) is 6.85. The topological polar surface area (TPSA) is 109 Å². The molecule has 0 unspecified atom stereocenters. The number of amides is 2. The van der Waals surface area contributed by atoms with Crippen LogP contribution in [0, 0.1) is 23.5 Å². The first-order valence-electron chi connectivity index (χ1n) is 11.9. The van der Waals surface area contributed by atoms with Crippen molar-refractivity contribution in [3.8, 4) is 5.88 Å². The van der Waals surface area contributed by atoms with Gasteiger partial charge in [0.2, 0.25) is 11.8 Å². The molecule has 1 atom stereocenters. The van der Waals surface area contributed by atoms with E-state index in [4.69, 9.17) is 9.84 Å². The third-order valence-corrected chi connectivity index (χ3v) is 8.46. The number of ether oxygens (including phenoxy) is 1. The second-order valence-corrected chi connectivity index (χ2v) is 14.4. The van der Waals surface area contributed by atoms with Crippen LogP contribution in [0.1, 0.15) is 36.6 Å². The standard InChI is InChI=1S/C26H31F2N3O5S/c1-36-21-6-5-17-20(30-21)7-8-31(26(35)15-9-14(10-15)11-22(32)33)23(17)25(34)29-16-12-18(27)24(19(28)13-16)37(2,3)4/h5-6,12-15,23H,7-11H2,1-4H3,(H,29,34)(H,32,33)/t14-,15-,23-/m1/s1. The minimum absolute atomic E-state index is 0.00232. The molecular formula is C26H31F2N3O5S. The highest BCUT2D eigenvalue weighted by Crippen LogP contribution is 2.48. The van der Waals surface area contributed by atoms with E-state index in [1.54, 1.807) is 30.9 Å². The summed E-state index contributed by atoms with van der Waals surface area (Å²) < 4.78 is 34.8. The van der Waals surface area contributed by atoms with Crippen molar-refractivity contribution in [2.45, 2.75) is 36.6 Å². The predicted octanol–water partition coefficient (Wildman–Crippen LogP) is 3.99. The first kappa shape index (κ1) is 26.8. The first-order chi connectivity index (χ1) is 17.4. The van der Waals surface area contributed by atoms with Crippen molar-refractivity contribution in [2.75, 3.05) is 37.7 Å². The minimum Gasteiger partial charge on any atom is -0.481 e. The van der Waals surface area contributed by atoms with Crippen molar-refractivity contribution < 1.29 is 33.0 Å². The molecule has 1 fully saturated rings. The molecule has 8 nitrogen and oxygen atoms in total. The van der Waals surface area contributed by atoms with Gasteiger partial charge in [0.25, 0.3) is 5.91 Å². The fourth-order valence-electron chi connectivity index (χ4n) is 5.11. The number of hydrogen-bond acceptors (Lipinski definition) is 5. The summed E-state index contributed by atoms with van der Waals surface area (Å²) in [5, 5.41) is 11.6. The molecule has 200 valence electrons. The van der Waals surface area contributed by atoms with Gasteiger partial charge in [-0.15, -0.1) is 0 Å². The third kappa shape index (κ3) is 5.56. The molecule has 11 heteroatoms. The zero-order chi connectivity index (χ0) is 27.1. The van der Waals surface area contributed by atoms with E-state index in [1.165, 1.54) is 12.0 Å². The van der Waals surface area contributed by atoms with E-state index in [0.29, 0.717) is 36.4 Å². The molecule has 0 bridgehead atoms. The number of nitrogens with one attached hydrogen (secondary N) is 1. The van der Waals surface area contributed by atoms with E-state index in [9.17, 15) is 23.2 Å². The van der Waals surface area contributed by atoms with Gasteiger partial charge in [-0.25, -0.2) is 23.8 Å². The number of pyridine rings is 1. The van der Waals surface area contributed by atoms with E-state index in [1.807, 2.05) is 0 Å². The number of methoxy groups -OCH3 is 1. The number of aromatic nitrogens is 1. The highest BCUT2D eigenvalue weighted by atomic mass is 32.3. The van der Waals surface area contributed by atoms with Gasteiger partial charge in [0.05, 0.1) is 17.7 Å². The molecule has 1 saturated carbocycles. The molecule has 1 aliphatic carbocycles. The number of halogens is 2. The lowest BCUT2D eigenvalue weighted by Gasteiger charge is -2.42. The summed E-state index contributed by atoms with van der Waals surface area (Å²) in [4.78, 5) is 43.9. The summed E-state index contributed by atoms with van der Waals surface area (Å²) >= 11 is 0. The average molecular weight is 536 g/mol. The Morgan fingerprint density at radius 1 is 1.16 bits per heavy atom. The molecule has 1 aromatic carbocycles. The summed E-state index contributed by atoms with van der Waals surface area (Å²) in [6.07, 6.45) is 6.62. The number of carboxylic acids is 1.